The summed E-state index contributed by atoms with van der Waals surface area (Å²) >= 11 is 24.3. The fraction of sp³-hybridized carbons (Fsp3) is 0. The van der Waals surface area contributed by atoms with Gasteiger partial charge in [-0.05, 0) is 232 Å². The highest BCUT2D eigenvalue weighted by atomic mass is 35.5. The number of halogens is 3. The van der Waals surface area contributed by atoms with Crippen LogP contribution in [0.1, 0.15) is 0 Å². The van der Waals surface area contributed by atoms with Gasteiger partial charge in [0.1, 0.15) is 0 Å². The van der Waals surface area contributed by atoms with E-state index >= 15 is 0 Å². The quantitative estimate of drug-likeness (QED) is 0.144. The van der Waals surface area contributed by atoms with Crippen LogP contribution in [-0.2, 0) is 0 Å². The van der Waals surface area contributed by atoms with Gasteiger partial charge in [0.15, 0.2) is 0 Å². The molecule has 3 nitrogen and oxygen atoms in total. The topological polar surface area (TPSA) is 14.8 Å². The van der Waals surface area contributed by atoms with Crippen molar-refractivity contribution in [1.82, 2.24) is 13.7 Å². The molecule has 111 heavy (non-hydrogen) atoms. The maximum Gasteiger partial charge on any atom is 0.0547 e. The molecule has 23 aromatic rings. The first-order valence-corrected chi connectivity index (χ1v) is 40.6. The number of hydrogen-bond donors (Lipinski definition) is 0. The zero-order valence-electron chi connectivity index (χ0n) is 59.5. The third-order valence-electron chi connectivity index (χ3n) is 21.8. The SMILES string of the molecule is Clc1ccc(-c2ccc3sc4ccc(-c5ccc6c7ccccc7n(-c7ccccc7)c6c5)cc4c3c2)cc1.Clc1ccc2sc3ccc(-c4ccc5c6ccccc6n(-c6ccccc6)c5c4)cc3c2c1.Clc1cccc(-c2ccc3sc4ccc(-c5ccc6c7ccccc7n(-c7ccccc7)c6c5)cc4c3c2)c1. The summed E-state index contributed by atoms with van der Waals surface area (Å²) in [6, 6.07) is 135. The molecule has 0 saturated heterocycles. The third kappa shape index (κ3) is 11.9. The van der Waals surface area contributed by atoms with Crippen LogP contribution in [0.25, 0.3) is 199 Å². The molecular weight excluding hydrogens is 1470 g/mol. The van der Waals surface area contributed by atoms with Gasteiger partial charge in [-0.1, -0.05) is 235 Å². The van der Waals surface area contributed by atoms with E-state index in [4.69, 9.17) is 34.8 Å². The Labute approximate surface area is 666 Å². The summed E-state index contributed by atoms with van der Waals surface area (Å²) in [5, 5.41) is 17.6. The van der Waals surface area contributed by atoms with Crippen LogP contribution in [0.4, 0.5) is 0 Å². The van der Waals surface area contributed by atoms with E-state index in [1.54, 1.807) is 0 Å². The van der Waals surface area contributed by atoms with Gasteiger partial charge in [0.25, 0.3) is 0 Å². The summed E-state index contributed by atoms with van der Waals surface area (Å²) in [7, 11) is 0. The van der Waals surface area contributed by atoms with Crippen LogP contribution in [0.2, 0.25) is 15.1 Å². The molecule has 0 atom stereocenters. The first-order valence-electron chi connectivity index (χ1n) is 37.1. The van der Waals surface area contributed by atoms with Crippen LogP contribution in [0, 0.1) is 0 Å². The number of aromatic nitrogens is 3. The zero-order chi connectivity index (χ0) is 73.8. The highest BCUT2D eigenvalue weighted by Gasteiger charge is 2.20. The third-order valence-corrected chi connectivity index (χ3v) is 25.9. The van der Waals surface area contributed by atoms with Gasteiger partial charge in [-0.2, -0.15) is 0 Å². The van der Waals surface area contributed by atoms with Crippen molar-refractivity contribution in [2.75, 3.05) is 0 Å². The zero-order valence-corrected chi connectivity index (χ0v) is 64.2. The van der Waals surface area contributed by atoms with Gasteiger partial charge < -0.3 is 13.7 Å². The smallest absolute Gasteiger partial charge is 0.0547 e. The average molecular weight is 1530 g/mol. The predicted octanol–water partition coefficient (Wildman–Crippen LogP) is 31.8. The molecule has 9 heteroatoms. The second-order valence-corrected chi connectivity index (χ2v) is 32.8. The van der Waals surface area contributed by atoms with Crippen LogP contribution in [0.15, 0.2) is 376 Å². The maximum absolute atomic E-state index is 6.31. The molecule has 0 N–H and O–H groups in total. The minimum absolute atomic E-state index is 0.758. The Morgan fingerprint density at radius 3 is 0.757 bits per heavy atom. The highest BCUT2D eigenvalue weighted by Crippen LogP contribution is 2.45. The molecule has 17 aromatic carbocycles. The number of para-hydroxylation sites is 6. The molecule has 0 unspecified atom stereocenters. The summed E-state index contributed by atoms with van der Waals surface area (Å²) in [6.45, 7) is 0. The summed E-state index contributed by atoms with van der Waals surface area (Å²) in [5.41, 5.74) is 22.9. The van der Waals surface area contributed by atoms with E-state index in [2.05, 4.69) is 353 Å². The highest BCUT2D eigenvalue weighted by molar-refractivity contribution is 7.26. The number of fused-ring (bicyclic) bond motifs is 18. The minimum Gasteiger partial charge on any atom is -0.309 e. The first kappa shape index (κ1) is 66.8. The van der Waals surface area contributed by atoms with Crippen molar-refractivity contribution in [3.63, 3.8) is 0 Å². The molecular formula is C102H62Cl3N3S3. The van der Waals surface area contributed by atoms with Gasteiger partial charge in [0.05, 0.1) is 33.1 Å². The number of benzene rings is 17. The maximum atomic E-state index is 6.31. The van der Waals surface area contributed by atoms with Crippen molar-refractivity contribution >= 4 is 195 Å². The van der Waals surface area contributed by atoms with Crippen molar-refractivity contribution in [2.24, 2.45) is 0 Å². The molecule has 0 saturated carbocycles. The Morgan fingerprint density at radius 2 is 0.405 bits per heavy atom. The van der Waals surface area contributed by atoms with Gasteiger partial charge in [-0.25, -0.2) is 0 Å². The molecule has 0 aliphatic heterocycles. The molecule has 0 spiro atoms. The van der Waals surface area contributed by atoms with Crippen LogP contribution < -0.4 is 0 Å². The van der Waals surface area contributed by atoms with Gasteiger partial charge >= 0.3 is 0 Å². The van der Waals surface area contributed by atoms with E-state index in [1.165, 1.54) is 193 Å². The summed E-state index contributed by atoms with van der Waals surface area (Å²) < 4.78 is 14.9. The van der Waals surface area contributed by atoms with E-state index in [9.17, 15) is 0 Å². The molecule has 6 aromatic heterocycles. The second-order valence-electron chi connectivity index (χ2n) is 28.3. The molecule has 0 aliphatic carbocycles. The molecule has 0 amide bonds. The van der Waals surface area contributed by atoms with Crippen LogP contribution in [0.5, 0.6) is 0 Å². The Hall–Kier alpha value is -12.3. The van der Waals surface area contributed by atoms with Crippen molar-refractivity contribution in [3.05, 3.63) is 391 Å². The fourth-order valence-corrected chi connectivity index (χ4v) is 20.2. The monoisotopic (exact) mass is 1530 g/mol. The van der Waals surface area contributed by atoms with Gasteiger partial charge in [0, 0.05) is 125 Å². The van der Waals surface area contributed by atoms with E-state index in [-0.39, 0.29) is 0 Å². The number of rotatable bonds is 8. The van der Waals surface area contributed by atoms with Crippen LogP contribution in [-0.4, -0.2) is 13.7 Å². The standard InChI is InChI=1S/2C36H22ClNS.C30H18ClNS/c37-27-8-6-7-23(19-27)24-14-17-35-31(20-24)32-21-25(15-18-36(32)39-35)26-13-16-30-29-11-4-5-12-33(29)38(34(30)22-26)28-9-2-1-3-10-28;37-27-15-10-23(11-16-27)24-13-18-35-31(20-24)32-21-25(14-19-36(32)39-35)26-12-17-30-29-8-4-5-9-33(29)38(34(30)22-26)28-6-2-1-3-7-28;31-21-12-15-30-26(18-21)25-16-19(11-14-29(25)33-30)20-10-13-24-23-8-4-5-9-27(23)32(28(24)17-20)22-6-2-1-3-7-22/h2*1-22H;1-18H. The average Bonchev–Trinajstić information content (AvgIpc) is 1.60. The Morgan fingerprint density at radius 1 is 0.153 bits per heavy atom. The minimum atomic E-state index is 0.758. The van der Waals surface area contributed by atoms with Gasteiger partial charge in [-0.3, -0.25) is 0 Å². The van der Waals surface area contributed by atoms with E-state index in [1.807, 2.05) is 70.4 Å². The molecule has 23 rings (SSSR count). The lowest BCUT2D eigenvalue weighted by molar-refractivity contribution is 1.18. The Kier molecular flexibility index (Phi) is 16.7. The second kappa shape index (κ2) is 27.7. The Balaban J connectivity index is 0.000000106. The molecule has 0 fully saturated rings. The van der Waals surface area contributed by atoms with Crippen molar-refractivity contribution in [2.45, 2.75) is 0 Å². The normalized spacial score (nSPS) is 11.7. The van der Waals surface area contributed by atoms with Crippen molar-refractivity contribution < 1.29 is 0 Å². The number of thiophene rings is 3. The van der Waals surface area contributed by atoms with Crippen LogP contribution in [0.3, 0.4) is 0 Å². The molecule has 0 radical (unpaired) electrons. The molecule has 0 bridgehead atoms. The lowest BCUT2D eigenvalue weighted by Crippen LogP contribution is -1.93. The van der Waals surface area contributed by atoms with Crippen LogP contribution >= 0.6 is 68.8 Å². The summed E-state index contributed by atoms with van der Waals surface area (Å²) in [6.07, 6.45) is 0. The molecule has 524 valence electrons. The van der Waals surface area contributed by atoms with Gasteiger partial charge in [0.2, 0.25) is 0 Å². The fourth-order valence-electron chi connectivity index (χ4n) is 16.5. The van der Waals surface area contributed by atoms with E-state index in [0.717, 1.165) is 20.6 Å². The number of nitrogens with zero attached hydrogens (tertiary/aromatic N) is 3. The van der Waals surface area contributed by atoms with E-state index < -0.39 is 0 Å². The van der Waals surface area contributed by atoms with Crippen molar-refractivity contribution in [1.29, 1.82) is 0 Å². The summed E-state index contributed by atoms with van der Waals surface area (Å²) in [5.74, 6) is 0. The van der Waals surface area contributed by atoms with Gasteiger partial charge in [-0.15, -0.1) is 34.0 Å². The number of hydrogen-bond acceptors (Lipinski definition) is 3. The largest absolute Gasteiger partial charge is 0.309 e. The van der Waals surface area contributed by atoms with E-state index in [0.29, 0.717) is 0 Å². The Bertz CT molecular complexity index is 7610. The molecule has 0 aliphatic rings. The van der Waals surface area contributed by atoms with Crippen molar-refractivity contribution in [3.8, 4) is 72.7 Å². The molecule has 6 heterocycles. The predicted molar refractivity (Wildman–Crippen MR) is 483 cm³/mol. The lowest BCUT2D eigenvalue weighted by Gasteiger charge is -2.09. The summed E-state index contributed by atoms with van der Waals surface area (Å²) in [4.78, 5) is 0. The first-order chi connectivity index (χ1) is 54.7. The lowest BCUT2D eigenvalue weighted by atomic mass is 9.99.